The van der Waals surface area contributed by atoms with Crippen molar-refractivity contribution >= 4 is 0 Å². The van der Waals surface area contributed by atoms with Crippen molar-refractivity contribution in [3.8, 4) is 0 Å². The van der Waals surface area contributed by atoms with E-state index < -0.39 is 0 Å². The molecule has 0 radical (unpaired) electrons. The molecule has 0 aliphatic rings. The van der Waals surface area contributed by atoms with Gasteiger partial charge in [-0.3, -0.25) is 0 Å². The van der Waals surface area contributed by atoms with E-state index in [1.807, 2.05) is 0 Å². The molecule has 3 heteroatoms. The standard InChI is InChI=1S/CH4.FHO.H3N/c;1-2;/h1H4;2H;1H3. The van der Waals surface area contributed by atoms with Crippen LogP contribution in [0.1, 0.15) is 7.43 Å². The predicted molar refractivity (Wildman–Crippen MR) is 15.1 cm³/mol. The number of halogens is 1. The third kappa shape index (κ3) is 59.4. The van der Waals surface area contributed by atoms with E-state index in [9.17, 15) is 0 Å². The summed E-state index contributed by atoms with van der Waals surface area (Å²) in [5.74, 6) is 0. The van der Waals surface area contributed by atoms with Crippen LogP contribution >= 0.6 is 0 Å². The van der Waals surface area contributed by atoms with Gasteiger partial charge in [-0.2, -0.15) is 0 Å². The highest BCUT2D eigenvalue weighted by Crippen LogP contribution is 1.13. The van der Waals surface area contributed by atoms with Crippen molar-refractivity contribution in [2.45, 2.75) is 7.43 Å². The van der Waals surface area contributed by atoms with Crippen LogP contribution in [0.5, 0.6) is 0 Å². The Labute approximate surface area is 24.7 Å². The van der Waals surface area contributed by atoms with Gasteiger partial charge in [-0.1, -0.05) is 12.0 Å². The Morgan fingerprint density at radius 3 is 1.25 bits per heavy atom. The number of rotatable bonds is 0. The minimum absolute atomic E-state index is 0. The summed E-state index contributed by atoms with van der Waals surface area (Å²) >= 11 is 0. The van der Waals surface area contributed by atoms with E-state index in [-0.39, 0.29) is 13.6 Å². The maximum atomic E-state index is 8.50. The van der Waals surface area contributed by atoms with Gasteiger partial charge in [0.15, 0.2) is 0 Å². The molecule has 4 N–H and O–H groups in total. The largest absolute Gasteiger partial charge is 0.344 e. The first-order valence-electron chi connectivity index (χ1n) is 0.169. The lowest BCUT2D eigenvalue weighted by Crippen LogP contribution is -0.996. The lowest BCUT2D eigenvalue weighted by Gasteiger charge is -1.13. The van der Waals surface area contributed by atoms with Crippen molar-refractivity contribution in [1.82, 2.24) is 6.15 Å². The molecule has 0 aromatic heterocycles. The van der Waals surface area contributed by atoms with Crippen LogP contribution in [-0.2, 0) is 0 Å². The van der Waals surface area contributed by atoms with Gasteiger partial charge in [-0.15, -0.1) is 0 Å². The third-order valence-electron chi connectivity index (χ3n) is 0. The van der Waals surface area contributed by atoms with Gasteiger partial charge in [0.2, 0.25) is 0 Å². The van der Waals surface area contributed by atoms with Gasteiger partial charge in [0.25, 0.3) is 0 Å². The Bertz CT molecular complexity index is 8.00. The highest BCUT2D eigenvalue weighted by Gasteiger charge is 0.873. The smallest absolute Gasteiger partial charge is 0.0519 e. The fraction of sp³-hybridized carbons (Fsp3) is 1.00. The molecule has 0 saturated carbocycles. The maximum Gasteiger partial charge on any atom is -0.0519 e. The summed E-state index contributed by atoms with van der Waals surface area (Å²) in [6.07, 6.45) is 0. The Kier molecular flexibility index (Phi) is 4690. The zero-order valence-corrected chi connectivity index (χ0v) is 1.53. The molecular formula is CH8FNO. The second-order valence-electron chi connectivity index (χ2n) is 0. The van der Waals surface area contributed by atoms with Gasteiger partial charge in [0, 0.05) is 0 Å². The Morgan fingerprint density at radius 1 is 1.25 bits per heavy atom. The summed E-state index contributed by atoms with van der Waals surface area (Å²) < 4.78 is 8.50. The first-order valence-corrected chi connectivity index (χ1v) is 0.169. The average Bonchev–Trinajstić information content (AvgIpc) is 1.00. The number of hydrogen-bond donors (Lipinski definition) is 2. The van der Waals surface area contributed by atoms with Crippen LogP contribution in [0.4, 0.5) is 4.53 Å². The summed E-state index contributed by atoms with van der Waals surface area (Å²) in [4.78, 5) is 0. The lowest BCUT2D eigenvalue weighted by molar-refractivity contribution is -0.0441. The fourth-order valence-corrected chi connectivity index (χ4v) is 0. The van der Waals surface area contributed by atoms with E-state index in [2.05, 4.69) is 0 Å². The molecule has 30 valence electrons. The minimum Gasteiger partial charge on any atom is -0.344 e. The maximum absolute atomic E-state index is 8.50. The molecule has 0 spiro atoms. The van der Waals surface area contributed by atoms with Crippen molar-refractivity contribution in [3.63, 3.8) is 0 Å². The number of hydrogen-bond acceptors (Lipinski definition) is 2. The van der Waals surface area contributed by atoms with Gasteiger partial charge in [-0.25, -0.2) is 5.31 Å². The molecule has 4 heavy (non-hydrogen) atoms. The van der Waals surface area contributed by atoms with Crippen molar-refractivity contribution in [2.24, 2.45) is 0 Å². The van der Waals surface area contributed by atoms with Gasteiger partial charge < -0.3 is 6.15 Å². The molecule has 0 heterocycles. The summed E-state index contributed by atoms with van der Waals surface area (Å²) in [6, 6.07) is 0. The second-order valence-corrected chi connectivity index (χ2v) is 0. The molecule has 0 amide bonds. The van der Waals surface area contributed by atoms with Gasteiger partial charge in [0.1, 0.15) is 0 Å². The highest BCUT2D eigenvalue weighted by atomic mass is 19.3. The van der Waals surface area contributed by atoms with E-state index in [1.165, 1.54) is 0 Å². The summed E-state index contributed by atoms with van der Waals surface area (Å²) in [6.45, 7) is 0. The zero-order chi connectivity index (χ0) is 2.00. The highest BCUT2D eigenvalue weighted by molar-refractivity contribution is 2.50. The molecule has 0 aliphatic heterocycles. The average molecular weight is 69.1 g/mol. The molecule has 0 aliphatic carbocycles. The second kappa shape index (κ2) is 434. The van der Waals surface area contributed by atoms with Crippen molar-refractivity contribution in [3.05, 3.63) is 0 Å². The SMILES string of the molecule is C.N.OF. The van der Waals surface area contributed by atoms with E-state index in [4.69, 9.17) is 9.84 Å². The first-order chi connectivity index (χ1) is 1.00. The van der Waals surface area contributed by atoms with Crippen molar-refractivity contribution < 1.29 is 9.84 Å². The molecule has 0 fully saturated rings. The third-order valence-corrected chi connectivity index (χ3v) is 0. The van der Waals surface area contributed by atoms with Crippen LogP contribution in [0.3, 0.4) is 0 Å². The van der Waals surface area contributed by atoms with Crippen LogP contribution in [0.15, 0.2) is 0 Å². The van der Waals surface area contributed by atoms with Crippen LogP contribution in [0.25, 0.3) is 0 Å². The molecular weight excluding hydrogens is 61.0 g/mol. The molecule has 0 aromatic rings. The summed E-state index contributed by atoms with van der Waals surface area (Å²) in [5, 5.41) is 5.50. The molecule has 0 atom stereocenters. The van der Waals surface area contributed by atoms with E-state index in [1.54, 1.807) is 0 Å². The molecule has 0 unspecified atom stereocenters. The Hall–Kier alpha value is -0.150. The van der Waals surface area contributed by atoms with Crippen LogP contribution in [0, 0.1) is 0 Å². The van der Waals surface area contributed by atoms with E-state index in [0.717, 1.165) is 0 Å². The van der Waals surface area contributed by atoms with Crippen LogP contribution in [0.2, 0.25) is 0 Å². The van der Waals surface area contributed by atoms with Crippen molar-refractivity contribution in [2.75, 3.05) is 0 Å². The first kappa shape index (κ1) is 43.3. The van der Waals surface area contributed by atoms with Gasteiger partial charge in [0.05, 0.1) is 0 Å². The minimum atomic E-state index is 0. The molecule has 0 bridgehead atoms. The lowest BCUT2D eigenvalue weighted by atomic mass is 12.0. The Morgan fingerprint density at radius 2 is 1.25 bits per heavy atom. The Balaban J connectivity index is -0.00000000500. The zero-order valence-electron chi connectivity index (χ0n) is 1.53. The predicted octanol–water partition coefficient (Wildman–Crippen LogP) is 0.661. The van der Waals surface area contributed by atoms with Gasteiger partial charge >= 0.3 is 0 Å². The van der Waals surface area contributed by atoms with E-state index in [0.29, 0.717) is 0 Å². The molecule has 2 nitrogen and oxygen atoms in total. The van der Waals surface area contributed by atoms with Crippen molar-refractivity contribution in [1.29, 1.82) is 0 Å². The van der Waals surface area contributed by atoms with Gasteiger partial charge in [-0.05, 0) is 0 Å². The van der Waals surface area contributed by atoms with E-state index >= 15 is 0 Å². The molecule has 0 rings (SSSR count). The summed E-state index contributed by atoms with van der Waals surface area (Å²) in [7, 11) is 0. The molecule has 0 aromatic carbocycles. The van der Waals surface area contributed by atoms with Crippen LogP contribution < -0.4 is 6.15 Å². The normalized spacial score (nSPS) is 1.50. The van der Waals surface area contributed by atoms with Crippen LogP contribution in [-0.4, -0.2) is 5.31 Å². The monoisotopic (exact) mass is 69.1 g/mol. The summed E-state index contributed by atoms with van der Waals surface area (Å²) in [5.41, 5.74) is 0. The topological polar surface area (TPSA) is 55.2 Å². The molecule has 0 saturated heterocycles. The quantitative estimate of drug-likeness (QED) is 0.439. The fourth-order valence-electron chi connectivity index (χ4n) is 0.